The molecule has 0 aromatic rings. The number of carboxylic acid groups (broad SMARTS) is 1. The summed E-state index contributed by atoms with van der Waals surface area (Å²) in [6, 6.07) is 0. The van der Waals surface area contributed by atoms with Gasteiger partial charge in [0.1, 0.15) is 18.8 Å². The lowest BCUT2D eigenvalue weighted by atomic mass is 9.98. The molecule has 1 aliphatic rings. The minimum atomic E-state index is -1.90. The van der Waals surface area contributed by atoms with Crippen molar-refractivity contribution in [3.63, 3.8) is 0 Å². The molecule has 1 heterocycles. The molecule has 1 rings (SSSR count). The number of esters is 3. The van der Waals surface area contributed by atoms with Gasteiger partial charge in [-0.1, -0.05) is 256 Å². The number of hydrogen-bond donors (Lipinski definition) is 3. The molecule has 0 aliphatic carbocycles. The highest BCUT2D eigenvalue weighted by Crippen LogP contribution is 2.27. The number of aliphatic carboxylic acids is 1. The third-order valence-corrected chi connectivity index (χ3v) is 15.2. The van der Waals surface area contributed by atoms with Gasteiger partial charge in [0, 0.05) is 19.3 Å². The fraction of sp³-hybridized carbons (Fsp3) is 0.851. The Morgan fingerprint density at radius 2 is 0.759 bits per heavy atom. The van der Waals surface area contributed by atoms with Crippen LogP contribution in [0.5, 0.6) is 0 Å². The van der Waals surface area contributed by atoms with E-state index in [0.29, 0.717) is 19.3 Å². The highest BCUT2D eigenvalue weighted by atomic mass is 16.7. The van der Waals surface area contributed by atoms with Crippen LogP contribution in [-0.2, 0) is 42.9 Å². The van der Waals surface area contributed by atoms with Crippen molar-refractivity contribution in [3.05, 3.63) is 36.5 Å². The molecule has 6 atom stereocenters. The fourth-order valence-electron chi connectivity index (χ4n) is 10.1. The molecule has 1 saturated heterocycles. The number of aliphatic hydroxyl groups excluding tert-OH is 2. The van der Waals surface area contributed by atoms with E-state index >= 15 is 0 Å². The number of aliphatic hydroxyl groups is 2. The average Bonchev–Trinajstić information content (AvgIpc) is 3.46. The molecule has 0 saturated carbocycles. The Morgan fingerprint density at radius 3 is 1.18 bits per heavy atom. The first-order chi connectivity index (χ1) is 38.6. The Morgan fingerprint density at radius 1 is 0.418 bits per heavy atom. The van der Waals surface area contributed by atoms with E-state index in [1.165, 1.54) is 167 Å². The van der Waals surface area contributed by atoms with E-state index < -0.39 is 67.3 Å². The van der Waals surface area contributed by atoms with Gasteiger partial charge >= 0.3 is 23.9 Å². The van der Waals surface area contributed by atoms with Crippen LogP contribution in [0.15, 0.2) is 36.5 Å². The molecule has 3 N–H and O–H groups in total. The normalized spacial score (nSPS) is 18.0. The summed E-state index contributed by atoms with van der Waals surface area (Å²) in [4.78, 5) is 51.3. The summed E-state index contributed by atoms with van der Waals surface area (Å²) in [7, 11) is 0. The van der Waals surface area contributed by atoms with Crippen LogP contribution in [0, 0.1) is 0 Å². The predicted molar refractivity (Wildman–Crippen MR) is 322 cm³/mol. The molecule has 0 aromatic carbocycles. The third-order valence-electron chi connectivity index (χ3n) is 15.2. The van der Waals surface area contributed by atoms with Crippen LogP contribution in [0.4, 0.5) is 0 Å². The maximum Gasteiger partial charge on any atom is 0.335 e. The number of hydrogen-bond acceptors (Lipinski definition) is 11. The van der Waals surface area contributed by atoms with Gasteiger partial charge in [-0.15, -0.1) is 0 Å². The number of unbranched alkanes of at least 4 members (excludes halogenated alkanes) is 37. The van der Waals surface area contributed by atoms with Crippen molar-refractivity contribution in [1.29, 1.82) is 0 Å². The number of ether oxygens (including phenoxy) is 5. The lowest BCUT2D eigenvalue weighted by Gasteiger charge is -2.40. The summed E-state index contributed by atoms with van der Waals surface area (Å²) in [5.74, 6) is -3.10. The molecule has 0 aromatic heterocycles. The largest absolute Gasteiger partial charge is 0.479 e. The third kappa shape index (κ3) is 45.2. The maximum absolute atomic E-state index is 13.2. The molecule has 1 fully saturated rings. The van der Waals surface area contributed by atoms with Gasteiger partial charge in [-0.2, -0.15) is 0 Å². The van der Waals surface area contributed by atoms with Gasteiger partial charge in [0.05, 0.1) is 6.61 Å². The molecule has 79 heavy (non-hydrogen) atoms. The minimum Gasteiger partial charge on any atom is -0.479 e. The zero-order valence-electron chi connectivity index (χ0n) is 50.9. The van der Waals surface area contributed by atoms with Crippen LogP contribution < -0.4 is 0 Å². The topological polar surface area (TPSA) is 175 Å². The summed E-state index contributed by atoms with van der Waals surface area (Å²) < 4.78 is 28.5. The average molecular weight is 1120 g/mol. The van der Waals surface area contributed by atoms with E-state index in [2.05, 4.69) is 57.2 Å². The summed E-state index contributed by atoms with van der Waals surface area (Å²) in [5.41, 5.74) is 0. The number of allylic oxidation sites excluding steroid dienone is 6. The van der Waals surface area contributed by atoms with E-state index in [1.54, 1.807) is 0 Å². The van der Waals surface area contributed by atoms with Gasteiger partial charge < -0.3 is 39.0 Å². The Kier molecular flexibility index (Phi) is 51.9. The predicted octanol–water partition coefficient (Wildman–Crippen LogP) is 17.6. The SMILES string of the molecule is CCCCC/C=C\C/C=C\CCCCCCCCCCCC(=O)OCC(COC1OC(C(=O)O)C(O)C(O)C1OC(=O)CCCCCCC/C=C\CCCCCCCC)OC(=O)CCCCCCCCCCCCCCCCC. The Labute approximate surface area is 482 Å². The summed E-state index contributed by atoms with van der Waals surface area (Å²) in [5, 5.41) is 31.6. The van der Waals surface area contributed by atoms with Gasteiger partial charge in [-0.3, -0.25) is 14.4 Å². The molecular weight excluding hydrogens is 997 g/mol. The van der Waals surface area contributed by atoms with E-state index in [1.807, 2.05) is 0 Å². The lowest BCUT2D eigenvalue weighted by molar-refractivity contribution is -0.301. The van der Waals surface area contributed by atoms with Gasteiger partial charge in [0.15, 0.2) is 24.6 Å². The van der Waals surface area contributed by atoms with Crippen molar-refractivity contribution in [3.8, 4) is 0 Å². The summed E-state index contributed by atoms with van der Waals surface area (Å²) in [6.07, 6.45) is 53.8. The first-order valence-corrected chi connectivity index (χ1v) is 33.0. The second-order valence-corrected chi connectivity index (χ2v) is 22.8. The molecular formula is C67H120O12. The Balaban J connectivity index is 2.64. The monoisotopic (exact) mass is 1120 g/mol. The van der Waals surface area contributed by atoms with Gasteiger partial charge in [0.2, 0.25) is 0 Å². The maximum atomic E-state index is 13.2. The minimum absolute atomic E-state index is 0.0539. The van der Waals surface area contributed by atoms with Crippen molar-refractivity contribution >= 4 is 23.9 Å². The quantitative estimate of drug-likeness (QED) is 0.0228. The molecule has 6 unspecified atom stereocenters. The van der Waals surface area contributed by atoms with Crippen molar-refractivity contribution in [2.24, 2.45) is 0 Å². The van der Waals surface area contributed by atoms with Gasteiger partial charge in [-0.25, -0.2) is 4.79 Å². The number of rotatable bonds is 57. The van der Waals surface area contributed by atoms with Crippen LogP contribution in [0.2, 0.25) is 0 Å². The van der Waals surface area contributed by atoms with E-state index in [4.69, 9.17) is 23.7 Å². The molecule has 12 heteroatoms. The van der Waals surface area contributed by atoms with Gasteiger partial charge in [-0.05, 0) is 77.0 Å². The van der Waals surface area contributed by atoms with Crippen LogP contribution in [0.3, 0.4) is 0 Å². The molecule has 0 radical (unpaired) electrons. The highest BCUT2D eigenvalue weighted by Gasteiger charge is 2.50. The number of carboxylic acids is 1. The lowest BCUT2D eigenvalue weighted by Crippen LogP contribution is -2.61. The second-order valence-electron chi connectivity index (χ2n) is 22.8. The number of carbonyl (C=O) groups excluding carboxylic acids is 3. The first-order valence-electron chi connectivity index (χ1n) is 33.0. The molecule has 1 aliphatic heterocycles. The zero-order chi connectivity index (χ0) is 57.5. The van der Waals surface area contributed by atoms with Crippen molar-refractivity contribution < 1.29 is 58.2 Å². The molecule has 0 spiro atoms. The standard InChI is InChI=1S/C67H120O12/c1-4-7-10-13-16-19-22-25-28-29-30-31-34-35-38-41-44-47-50-53-59(68)75-56-58(77-60(69)54-51-48-45-42-39-36-32-26-23-20-17-14-11-8-5-2)57-76-67-65(63(72)62(71)64(79-67)66(73)74)78-61(70)55-52-49-46-43-40-37-33-27-24-21-18-15-12-9-6-3/h16,19,25,27-28,33,58,62-65,67,71-72H,4-15,17-18,20-24,26,29-32,34-57H2,1-3H3,(H,73,74)/b19-16-,28-25-,33-27-. The smallest absolute Gasteiger partial charge is 0.335 e. The Hall–Kier alpha value is -3.06. The molecule has 12 nitrogen and oxygen atoms in total. The van der Waals surface area contributed by atoms with E-state index in [0.717, 1.165) is 89.9 Å². The summed E-state index contributed by atoms with van der Waals surface area (Å²) in [6.45, 7) is 6.01. The van der Waals surface area contributed by atoms with Crippen LogP contribution in [0.25, 0.3) is 0 Å². The highest BCUT2D eigenvalue weighted by molar-refractivity contribution is 5.74. The van der Waals surface area contributed by atoms with E-state index in [-0.39, 0.29) is 25.9 Å². The molecule has 0 amide bonds. The molecule has 0 bridgehead atoms. The van der Waals surface area contributed by atoms with Gasteiger partial charge in [0.25, 0.3) is 0 Å². The fourth-order valence-corrected chi connectivity index (χ4v) is 10.1. The van der Waals surface area contributed by atoms with Crippen molar-refractivity contribution in [2.45, 2.75) is 353 Å². The van der Waals surface area contributed by atoms with Crippen LogP contribution in [0.1, 0.15) is 316 Å². The van der Waals surface area contributed by atoms with Crippen molar-refractivity contribution in [2.75, 3.05) is 13.2 Å². The van der Waals surface area contributed by atoms with Crippen molar-refractivity contribution in [1.82, 2.24) is 0 Å². The summed E-state index contributed by atoms with van der Waals surface area (Å²) >= 11 is 0. The van der Waals surface area contributed by atoms with Crippen LogP contribution >= 0.6 is 0 Å². The molecule has 460 valence electrons. The van der Waals surface area contributed by atoms with E-state index in [9.17, 15) is 34.5 Å². The Bertz CT molecular complexity index is 1510. The first kappa shape index (κ1) is 74.0. The zero-order valence-corrected chi connectivity index (χ0v) is 50.9. The van der Waals surface area contributed by atoms with Crippen LogP contribution in [-0.4, -0.2) is 89.2 Å². The number of carbonyl (C=O) groups is 4. The second kappa shape index (κ2) is 55.5.